The van der Waals surface area contributed by atoms with E-state index in [4.69, 9.17) is 4.74 Å². The van der Waals surface area contributed by atoms with E-state index in [2.05, 4.69) is 37.9 Å². The van der Waals surface area contributed by atoms with Gasteiger partial charge in [-0.1, -0.05) is 6.92 Å². The molecule has 0 rings (SSSR count). The van der Waals surface area contributed by atoms with E-state index in [1.807, 2.05) is 6.92 Å². The number of hydrogen-bond acceptors (Lipinski definition) is 2. The molecule has 14 heavy (non-hydrogen) atoms. The molecule has 0 aromatic carbocycles. The zero-order valence-corrected chi connectivity index (χ0v) is 10.1. The summed E-state index contributed by atoms with van der Waals surface area (Å²) in [5.41, 5.74) is -0.0672. The van der Waals surface area contributed by atoms with Gasteiger partial charge in [-0.25, -0.2) is 0 Å². The van der Waals surface area contributed by atoms with Gasteiger partial charge in [0.1, 0.15) is 0 Å². The number of ether oxygens (including phenoxy) is 1. The van der Waals surface area contributed by atoms with Crippen molar-refractivity contribution in [3.63, 3.8) is 0 Å². The normalized spacial score (nSPS) is 13.2. The third-order valence-corrected chi connectivity index (χ3v) is 2.31. The molecule has 1 N–H and O–H groups in total. The van der Waals surface area contributed by atoms with E-state index in [-0.39, 0.29) is 5.60 Å². The van der Waals surface area contributed by atoms with Gasteiger partial charge < -0.3 is 10.1 Å². The Bertz CT molecular complexity index is 200. The summed E-state index contributed by atoms with van der Waals surface area (Å²) in [6.07, 6.45) is 1.89. The number of methoxy groups -OCH3 is 1. The fourth-order valence-electron chi connectivity index (χ4n) is 1.41. The largest absolute Gasteiger partial charge is 0.379 e. The highest BCUT2D eigenvalue weighted by atomic mass is 16.5. The first kappa shape index (κ1) is 13.5. The summed E-state index contributed by atoms with van der Waals surface area (Å²) >= 11 is 0. The molecule has 1 atom stereocenters. The first-order valence-corrected chi connectivity index (χ1v) is 5.24. The quantitative estimate of drug-likeness (QED) is 0.659. The first-order chi connectivity index (χ1) is 6.55. The van der Waals surface area contributed by atoms with Crippen LogP contribution in [0.4, 0.5) is 0 Å². The second kappa shape index (κ2) is 6.86. The van der Waals surface area contributed by atoms with Crippen LogP contribution in [0.3, 0.4) is 0 Å². The van der Waals surface area contributed by atoms with E-state index in [1.165, 1.54) is 0 Å². The third kappa shape index (κ3) is 6.01. The van der Waals surface area contributed by atoms with Crippen LogP contribution in [-0.2, 0) is 4.74 Å². The van der Waals surface area contributed by atoms with Crippen LogP contribution in [0, 0.1) is 11.8 Å². The van der Waals surface area contributed by atoms with Crippen molar-refractivity contribution in [1.29, 1.82) is 0 Å². The third-order valence-electron chi connectivity index (χ3n) is 2.31. The van der Waals surface area contributed by atoms with Crippen molar-refractivity contribution in [2.24, 2.45) is 0 Å². The van der Waals surface area contributed by atoms with Crippen LogP contribution in [-0.4, -0.2) is 25.3 Å². The molecule has 0 aliphatic heterocycles. The maximum atomic E-state index is 5.41. The van der Waals surface area contributed by atoms with Crippen LogP contribution in [0.25, 0.3) is 0 Å². The van der Waals surface area contributed by atoms with Crippen LogP contribution < -0.4 is 5.32 Å². The van der Waals surface area contributed by atoms with Gasteiger partial charge in [-0.2, -0.15) is 0 Å². The van der Waals surface area contributed by atoms with Crippen LogP contribution in [0.2, 0.25) is 0 Å². The maximum absolute atomic E-state index is 5.41. The van der Waals surface area contributed by atoms with Crippen LogP contribution in [0.1, 0.15) is 40.5 Å². The van der Waals surface area contributed by atoms with Gasteiger partial charge in [0.05, 0.1) is 5.60 Å². The van der Waals surface area contributed by atoms with Crippen LogP contribution >= 0.6 is 0 Å². The van der Waals surface area contributed by atoms with Gasteiger partial charge in [-0.05, 0) is 33.7 Å². The molecule has 0 aliphatic rings. The molecular weight excluding hydrogens is 174 g/mol. The van der Waals surface area contributed by atoms with E-state index in [0.29, 0.717) is 6.04 Å². The van der Waals surface area contributed by atoms with Crippen LogP contribution in [0.5, 0.6) is 0 Å². The van der Waals surface area contributed by atoms with Gasteiger partial charge in [0.25, 0.3) is 0 Å². The van der Waals surface area contributed by atoms with E-state index in [1.54, 1.807) is 7.11 Å². The molecule has 0 fully saturated rings. The molecule has 0 aliphatic carbocycles. The molecule has 0 radical (unpaired) electrons. The summed E-state index contributed by atoms with van der Waals surface area (Å²) in [4.78, 5) is 0. The number of rotatable bonds is 6. The van der Waals surface area contributed by atoms with E-state index in [9.17, 15) is 0 Å². The van der Waals surface area contributed by atoms with E-state index >= 15 is 0 Å². The average Bonchev–Trinajstić information content (AvgIpc) is 2.14. The summed E-state index contributed by atoms with van der Waals surface area (Å²) in [6.45, 7) is 9.19. The minimum Gasteiger partial charge on any atom is -0.379 e. The van der Waals surface area contributed by atoms with Gasteiger partial charge in [-0.3, -0.25) is 0 Å². The summed E-state index contributed by atoms with van der Waals surface area (Å²) < 4.78 is 5.41. The van der Waals surface area contributed by atoms with Gasteiger partial charge in [0, 0.05) is 19.6 Å². The lowest BCUT2D eigenvalue weighted by Crippen LogP contribution is -2.37. The van der Waals surface area contributed by atoms with Gasteiger partial charge in [0.2, 0.25) is 0 Å². The van der Waals surface area contributed by atoms with Crippen molar-refractivity contribution in [2.75, 3.05) is 13.7 Å². The van der Waals surface area contributed by atoms with Crippen molar-refractivity contribution in [2.45, 2.75) is 52.2 Å². The predicted octanol–water partition coefficient (Wildman–Crippen LogP) is 2.19. The number of hydrogen-bond donors (Lipinski definition) is 1. The first-order valence-electron chi connectivity index (χ1n) is 5.24. The zero-order valence-electron chi connectivity index (χ0n) is 10.1. The topological polar surface area (TPSA) is 21.3 Å². The standard InChI is InChI=1S/C12H23NO/c1-6-8-9-11(13-7-2)10-12(3,4)14-5/h11,13H,7,9-10H2,1-5H3. The summed E-state index contributed by atoms with van der Waals surface area (Å²) in [6, 6.07) is 0.433. The van der Waals surface area contributed by atoms with Crippen molar-refractivity contribution in [1.82, 2.24) is 5.32 Å². The Balaban J connectivity index is 4.11. The van der Waals surface area contributed by atoms with Crippen molar-refractivity contribution in [3.05, 3.63) is 0 Å². The van der Waals surface area contributed by atoms with Crippen molar-refractivity contribution in [3.8, 4) is 11.8 Å². The summed E-state index contributed by atoms with van der Waals surface area (Å²) in [5.74, 6) is 6.04. The predicted molar refractivity (Wildman–Crippen MR) is 61.2 cm³/mol. The molecule has 2 nitrogen and oxygen atoms in total. The highest BCUT2D eigenvalue weighted by molar-refractivity contribution is 4.99. The average molecular weight is 197 g/mol. The Morgan fingerprint density at radius 2 is 2.07 bits per heavy atom. The Hall–Kier alpha value is -0.520. The van der Waals surface area contributed by atoms with Crippen molar-refractivity contribution < 1.29 is 4.74 Å². The maximum Gasteiger partial charge on any atom is 0.0637 e. The highest BCUT2D eigenvalue weighted by Crippen LogP contribution is 2.16. The fraction of sp³-hybridized carbons (Fsp3) is 0.833. The Labute approximate surface area is 88.4 Å². The molecule has 0 aromatic rings. The molecular formula is C12H23NO. The molecule has 0 amide bonds. The molecule has 0 saturated heterocycles. The van der Waals surface area contributed by atoms with Crippen molar-refractivity contribution >= 4 is 0 Å². The van der Waals surface area contributed by atoms with Crippen LogP contribution in [0.15, 0.2) is 0 Å². The van der Waals surface area contributed by atoms with Gasteiger partial charge in [-0.15, -0.1) is 11.8 Å². The number of nitrogens with one attached hydrogen (secondary N) is 1. The molecule has 2 heteroatoms. The molecule has 0 aromatic heterocycles. The lowest BCUT2D eigenvalue weighted by molar-refractivity contribution is 0.00764. The SMILES string of the molecule is CC#CCC(CC(C)(C)OC)NCC. The lowest BCUT2D eigenvalue weighted by atomic mass is 9.97. The zero-order chi connectivity index (χ0) is 11.0. The smallest absolute Gasteiger partial charge is 0.0637 e. The van der Waals surface area contributed by atoms with Gasteiger partial charge in [0.15, 0.2) is 0 Å². The molecule has 0 saturated carbocycles. The lowest BCUT2D eigenvalue weighted by Gasteiger charge is -2.28. The molecule has 0 heterocycles. The fourth-order valence-corrected chi connectivity index (χ4v) is 1.41. The second-order valence-electron chi connectivity index (χ2n) is 4.05. The minimum absolute atomic E-state index is 0.0672. The Morgan fingerprint density at radius 3 is 2.50 bits per heavy atom. The monoisotopic (exact) mass is 197 g/mol. The molecule has 82 valence electrons. The molecule has 1 unspecified atom stereocenters. The molecule has 0 bridgehead atoms. The Kier molecular flexibility index (Phi) is 6.61. The minimum atomic E-state index is -0.0672. The summed E-state index contributed by atoms with van der Waals surface area (Å²) in [5, 5.41) is 3.43. The van der Waals surface area contributed by atoms with E-state index in [0.717, 1.165) is 19.4 Å². The molecule has 0 spiro atoms. The van der Waals surface area contributed by atoms with E-state index < -0.39 is 0 Å². The highest BCUT2D eigenvalue weighted by Gasteiger charge is 2.21. The van der Waals surface area contributed by atoms with Gasteiger partial charge >= 0.3 is 0 Å². The Morgan fingerprint density at radius 1 is 1.43 bits per heavy atom. The second-order valence-corrected chi connectivity index (χ2v) is 4.05. The summed E-state index contributed by atoms with van der Waals surface area (Å²) in [7, 11) is 1.76.